The highest BCUT2D eigenvalue weighted by Gasteiger charge is 2.24. The summed E-state index contributed by atoms with van der Waals surface area (Å²) in [5.74, 6) is -0.358. The molecule has 0 saturated carbocycles. The van der Waals surface area contributed by atoms with Gasteiger partial charge in [-0.25, -0.2) is 0 Å². The normalized spacial score (nSPS) is 15.7. The average Bonchev–Trinajstić information content (AvgIpc) is 3.16. The van der Waals surface area contributed by atoms with Crippen molar-refractivity contribution in [2.75, 3.05) is 39.2 Å². The van der Waals surface area contributed by atoms with Crippen molar-refractivity contribution in [1.29, 1.82) is 0 Å². The number of ether oxygens (including phenoxy) is 2. The number of carbonyl (C=O) groups is 2. The zero-order valence-corrected chi connectivity index (χ0v) is 18.3. The lowest BCUT2D eigenvalue weighted by molar-refractivity contribution is -0.136. The van der Waals surface area contributed by atoms with Gasteiger partial charge < -0.3 is 20.1 Å². The van der Waals surface area contributed by atoms with Crippen LogP contribution in [0.2, 0.25) is 0 Å². The molecule has 1 atom stereocenters. The first-order chi connectivity index (χ1) is 14.6. The van der Waals surface area contributed by atoms with Crippen molar-refractivity contribution in [2.24, 2.45) is 0 Å². The van der Waals surface area contributed by atoms with Crippen molar-refractivity contribution in [3.8, 4) is 11.5 Å². The summed E-state index contributed by atoms with van der Waals surface area (Å²) in [6.45, 7) is 2.40. The molecule has 1 fully saturated rings. The van der Waals surface area contributed by atoms with Crippen LogP contribution in [0.1, 0.15) is 37.3 Å². The van der Waals surface area contributed by atoms with Crippen molar-refractivity contribution in [3.05, 3.63) is 40.6 Å². The molecule has 1 aromatic heterocycles. The van der Waals surface area contributed by atoms with Crippen LogP contribution in [0.4, 0.5) is 5.69 Å². The predicted molar refractivity (Wildman–Crippen MR) is 118 cm³/mol. The van der Waals surface area contributed by atoms with Crippen molar-refractivity contribution in [3.63, 3.8) is 0 Å². The van der Waals surface area contributed by atoms with E-state index in [9.17, 15) is 9.59 Å². The lowest BCUT2D eigenvalue weighted by Crippen LogP contribution is -2.42. The fourth-order valence-corrected chi connectivity index (χ4v) is 4.39. The minimum Gasteiger partial charge on any atom is -0.497 e. The number of nitrogens with one attached hydrogen (secondary N) is 2. The highest BCUT2D eigenvalue weighted by molar-refractivity contribution is 7.08. The molecule has 0 spiro atoms. The first-order valence-electron chi connectivity index (χ1n) is 10.2. The number of thiophene rings is 1. The Morgan fingerprint density at radius 3 is 2.47 bits per heavy atom. The van der Waals surface area contributed by atoms with Gasteiger partial charge in [-0.05, 0) is 60.5 Å². The van der Waals surface area contributed by atoms with E-state index >= 15 is 0 Å². The molecule has 0 aliphatic carbocycles. The maximum absolute atomic E-state index is 12.5. The smallest absolute Gasteiger partial charge is 0.313 e. The molecule has 1 aromatic carbocycles. The Hall–Kier alpha value is -2.58. The number of hydrogen-bond acceptors (Lipinski definition) is 6. The van der Waals surface area contributed by atoms with Gasteiger partial charge in [0.15, 0.2) is 0 Å². The van der Waals surface area contributed by atoms with E-state index in [1.165, 1.54) is 25.5 Å². The number of amides is 2. The Morgan fingerprint density at radius 2 is 1.83 bits per heavy atom. The third kappa shape index (κ3) is 5.73. The second kappa shape index (κ2) is 11.0. The zero-order valence-electron chi connectivity index (χ0n) is 17.5. The Labute approximate surface area is 181 Å². The fourth-order valence-electron chi connectivity index (χ4n) is 3.68. The highest BCUT2D eigenvalue weighted by atomic mass is 32.1. The molecule has 2 aromatic rings. The fraction of sp³-hybridized carbons (Fsp3) is 0.455. The second-order valence-corrected chi connectivity index (χ2v) is 8.03. The molecule has 162 valence electrons. The molecule has 1 saturated heterocycles. The maximum Gasteiger partial charge on any atom is 0.313 e. The summed E-state index contributed by atoms with van der Waals surface area (Å²) < 4.78 is 10.4. The van der Waals surface area contributed by atoms with Crippen molar-refractivity contribution >= 4 is 28.8 Å². The first kappa shape index (κ1) is 22.1. The van der Waals surface area contributed by atoms with Gasteiger partial charge in [0.05, 0.1) is 25.9 Å². The third-order valence-electron chi connectivity index (χ3n) is 5.33. The number of benzene rings is 1. The minimum atomic E-state index is -0.724. The van der Waals surface area contributed by atoms with E-state index in [4.69, 9.17) is 9.47 Å². The summed E-state index contributed by atoms with van der Waals surface area (Å²) in [4.78, 5) is 27.4. The van der Waals surface area contributed by atoms with E-state index < -0.39 is 11.8 Å². The average molecular weight is 432 g/mol. The molecule has 30 heavy (non-hydrogen) atoms. The summed E-state index contributed by atoms with van der Waals surface area (Å²) in [5, 5.41) is 9.59. The number of hydrogen-bond donors (Lipinski definition) is 2. The monoisotopic (exact) mass is 431 g/mol. The van der Waals surface area contributed by atoms with E-state index in [1.807, 2.05) is 5.38 Å². The summed E-state index contributed by atoms with van der Waals surface area (Å²) in [7, 11) is 3.05. The van der Waals surface area contributed by atoms with Crippen LogP contribution in [0.25, 0.3) is 0 Å². The molecule has 2 amide bonds. The van der Waals surface area contributed by atoms with Crippen molar-refractivity contribution in [1.82, 2.24) is 10.2 Å². The van der Waals surface area contributed by atoms with Gasteiger partial charge in [-0.3, -0.25) is 14.5 Å². The second-order valence-electron chi connectivity index (χ2n) is 7.25. The Kier molecular flexibility index (Phi) is 8.10. The molecule has 0 bridgehead atoms. The molecular formula is C22H29N3O4S. The Balaban J connectivity index is 1.63. The summed E-state index contributed by atoms with van der Waals surface area (Å²) in [6, 6.07) is 7.16. The zero-order chi connectivity index (χ0) is 21.3. The van der Waals surface area contributed by atoms with Gasteiger partial charge in [0.1, 0.15) is 11.5 Å². The topological polar surface area (TPSA) is 79.9 Å². The lowest BCUT2D eigenvalue weighted by Gasteiger charge is -2.30. The Morgan fingerprint density at radius 1 is 1.07 bits per heavy atom. The number of carbonyl (C=O) groups excluding carboxylic acids is 2. The predicted octanol–water partition coefficient (Wildman–Crippen LogP) is 3.44. The summed E-state index contributed by atoms with van der Waals surface area (Å²) >= 11 is 1.64. The number of methoxy groups -OCH3 is 2. The molecular weight excluding hydrogens is 402 g/mol. The third-order valence-corrected chi connectivity index (χ3v) is 6.03. The summed E-state index contributed by atoms with van der Waals surface area (Å²) in [6.07, 6.45) is 4.80. The molecule has 7 nitrogen and oxygen atoms in total. The molecule has 3 rings (SSSR count). The number of rotatable bonds is 7. The summed E-state index contributed by atoms with van der Waals surface area (Å²) in [5.41, 5.74) is 1.60. The van der Waals surface area contributed by atoms with E-state index in [0.29, 0.717) is 23.7 Å². The number of likely N-dealkylation sites (tertiary alicyclic amines) is 1. The highest BCUT2D eigenvalue weighted by Crippen LogP contribution is 2.29. The molecule has 8 heteroatoms. The van der Waals surface area contributed by atoms with Gasteiger partial charge in [0.2, 0.25) is 0 Å². The van der Waals surface area contributed by atoms with Crippen LogP contribution in [0.5, 0.6) is 11.5 Å². The van der Waals surface area contributed by atoms with Crippen LogP contribution in [0.15, 0.2) is 35.0 Å². The number of nitrogens with zero attached hydrogens (tertiary/aromatic N) is 1. The molecule has 2 N–H and O–H groups in total. The quantitative estimate of drug-likeness (QED) is 0.657. The molecule has 0 radical (unpaired) electrons. The van der Waals surface area contributed by atoms with Crippen LogP contribution < -0.4 is 20.1 Å². The van der Waals surface area contributed by atoms with Crippen LogP contribution in [-0.2, 0) is 9.59 Å². The molecule has 1 aliphatic rings. The van der Waals surface area contributed by atoms with E-state index in [0.717, 1.165) is 25.9 Å². The number of anilines is 1. The maximum atomic E-state index is 12.5. The van der Waals surface area contributed by atoms with E-state index in [1.54, 1.807) is 36.6 Å². The van der Waals surface area contributed by atoms with Gasteiger partial charge in [0, 0.05) is 12.6 Å². The van der Waals surface area contributed by atoms with Gasteiger partial charge in [-0.2, -0.15) is 11.3 Å². The van der Waals surface area contributed by atoms with Gasteiger partial charge in [-0.15, -0.1) is 0 Å². The van der Waals surface area contributed by atoms with Crippen LogP contribution in [0, 0.1) is 0 Å². The Bertz CT molecular complexity index is 833. The van der Waals surface area contributed by atoms with Crippen LogP contribution in [0.3, 0.4) is 0 Å². The van der Waals surface area contributed by atoms with Crippen LogP contribution >= 0.6 is 11.3 Å². The largest absolute Gasteiger partial charge is 0.497 e. The first-order valence-corrected chi connectivity index (χ1v) is 11.1. The SMILES string of the molecule is COc1ccc(NC(=O)C(=O)NCC(c2ccsc2)N2CCCCCC2)c(OC)c1. The minimum absolute atomic E-state index is 0.0709. The van der Waals surface area contributed by atoms with Gasteiger partial charge in [0.25, 0.3) is 0 Å². The van der Waals surface area contributed by atoms with Crippen molar-refractivity contribution in [2.45, 2.75) is 31.7 Å². The van der Waals surface area contributed by atoms with Gasteiger partial charge >= 0.3 is 11.8 Å². The van der Waals surface area contributed by atoms with E-state index in [-0.39, 0.29) is 6.04 Å². The van der Waals surface area contributed by atoms with E-state index in [2.05, 4.69) is 27.0 Å². The van der Waals surface area contributed by atoms with Gasteiger partial charge in [-0.1, -0.05) is 12.8 Å². The lowest BCUT2D eigenvalue weighted by atomic mass is 10.1. The standard InChI is InChI=1S/C22H29N3O4S/c1-28-17-7-8-18(20(13-17)29-2)24-22(27)21(26)23-14-19(16-9-12-30-15-16)25-10-5-3-4-6-11-25/h7-9,12-13,15,19H,3-6,10-11,14H2,1-2H3,(H,23,26)(H,24,27). The molecule has 1 aliphatic heterocycles. The molecule has 1 unspecified atom stereocenters. The van der Waals surface area contributed by atoms with Crippen molar-refractivity contribution < 1.29 is 19.1 Å². The molecule has 2 heterocycles. The van der Waals surface area contributed by atoms with Crippen LogP contribution in [-0.4, -0.2) is 50.6 Å².